The SMILES string of the molecule is NC(CCC/C=C/C(=O)O)C12CC3C4C5C6C7CC8CC9C%10C%11C%12C(C1)C32C4%12C5%11C6%10C879. The van der Waals surface area contributed by atoms with Gasteiger partial charge in [-0.25, -0.2) is 4.79 Å². The van der Waals surface area contributed by atoms with E-state index in [0.717, 1.165) is 58.2 Å². The molecule has 12 rings (SSSR count). The number of hydrogen-bond acceptors (Lipinski definition) is 2. The lowest BCUT2D eigenvalue weighted by Crippen LogP contribution is -3.26. The molecule has 160 valence electrons. The molecule has 0 amide bonds. The Kier molecular flexibility index (Phi) is 1.63. The molecule has 31 heavy (non-hydrogen) atoms. The maximum Gasteiger partial charge on any atom is 0.327 e. The number of nitrogens with two attached hydrogens (primary N) is 1. The Labute approximate surface area is 182 Å². The molecule has 3 heteroatoms. The van der Waals surface area contributed by atoms with Gasteiger partial charge in [0.2, 0.25) is 0 Å². The molecule has 0 aromatic heterocycles. The van der Waals surface area contributed by atoms with E-state index in [0.29, 0.717) is 11.5 Å². The van der Waals surface area contributed by atoms with Gasteiger partial charge in [0.25, 0.3) is 0 Å². The Morgan fingerprint density at radius 3 is 2.13 bits per heavy atom. The van der Waals surface area contributed by atoms with Crippen LogP contribution in [0.5, 0.6) is 0 Å². The van der Waals surface area contributed by atoms with Gasteiger partial charge in [-0.05, 0) is 143 Å². The minimum Gasteiger partial charge on any atom is -0.478 e. The largest absolute Gasteiger partial charge is 0.478 e. The molecule has 0 bridgehead atoms. The van der Waals surface area contributed by atoms with E-state index in [1.165, 1.54) is 72.2 Å². The van der Waals surface area contributed by atoms with Gasteiger partial charge in [0.1, 0.15) is 0 Å². The van der Waals surface area contributed by atoms with Crippen LogP contribution >= 0.6 is 0 Å². The van der Waals surface area contributed by atoms with E-state index >= 15 is 0 Å². The first-order valence-corrected chi connectivity index (χ1v) is 13.7. The van der Waals surface area contributed by atoms with Gasteiger partial charge in [0, 0.05) is 12.1 Å². The van der Waals surface area contributed by atoms with E-state index in [-0.39, 0.29) is 0 Å². The number of fused-ring (bicyclic) bond motifs is 8. The van der Waals surface area contributed by atoms with Crippen molar-refractivity contribution in [3.05, 3.63) is 12.2 Å². The van der Waals surface area contributed by atoms with Crippen molar-refractivity contribution >= 4 is 5.97 Å². The summed E-state index contributed by atoms with van der Waals surface area (Å²) in [4.78, 5) is 10.7. The zero-order valence-electron chi connectivity index (χ0n) is 18.0. The standard InChI is InChI=1S/C28H31NO2/c29-15(4-2-1-3-5-16(30)31)23-8-13-19-21-17-11-6-10-7-12-18-22-20-14(9-23)25(13,23)27(19,20)28(21,22)26(17,18)24(10,11)12/h3,5,10-15,17-22H,1-2,4,6-9,29H2,(H,30,31)/b5-3+. The Bertz CT molecular complexity index is 1120. The highest BCUT2D eigenvalue weighted by Crippen LogP contribution is 3.29. The molecule has 0 saturated heterocycles. The third-order valence-electron chi connectivity index (χ3n) is 17.2. The highest BCUT2D eigenvalue weighted by atomic mass is 16.4. The fraction of sp³-hybridized carbons (Fsp3) is 0.893. The van der Waals surface area contributed by atoms with Gasteiger partial charge in [-0.2, -0.15) is 0 Å². The van der Waals surface area contributed by atoms with Crippen molar-refractivity contribution in [1.29, 1.82) is 0 Å². The molecule has 12 aliphatic carbocycles. The number of carboxylic acid groups (broad SMARTS) is 1. The number of allylic oxidation sites excluding steroid dienone is 1. The predicted molar refractivity (Wildman–Crippen MR) is 110 cm³/mol. The van der Waals surface area contributed by atoms with Gasteiger partial charge in [-0.3, -0.25) is 0 Å². The van der Waals surface area contributed by atoms with E-state index in [4.69, 9.17) is 10.8 Å². The topological polar surface area (TPSA) is 63.3 Å². The van der Waals surface area contributed by atoms with Crippen LogP contribution in [0.3, 0.4) is 0 Å². The first kappa shape index (κ1) is 15.1. The fourth-order valence-corrected chi connectivity index (χ4v) is 18.8. The lowest BCUT2D eigenvalue weighted by Gasteiger charge is -3.29. The normalized spacial score (nSPS) is 83.3. The van der Waals surface area contributed by atoms with Crippen molar-refractivity contribution in [2.24, 2.45) is 103 Å². The summed E-state index contributed by atoms with van der Waals surface area (Å²) in [5, 5.41) is 8.82. The molecule has 0 aliphatic heterocycles. The zero-order chi connectivity index (χ0) is 19.9. The number of hydrogen-bond donors (Lipinski definition) is 2. The van der Waals surface area contributed by atoms with Gasteiger partial charge in [-0.15, -0.1) is 0 Å². The molecule has 0 aromatic carbocycles. The van der Waals surface area contributed by atoms with E-state index in [1.807, 2.05) is 6.08 Å². The molecule has 3 nitrogen and oxygen atoms in total. The molecule has 0 aromatic rings. The van der Waals surface area contributed by atoms with Crippen LogP contribution in [0.2, 0.25) is 0 Å². The molecule has 11 unspecified atom stereocenters. The van der Waals surface area contributed by atoms with E-state index in [2.05, 4.69) is 0 Å². The van der Waals surface area contributed by atoms with Crippen LogP contribution in [0, 0.1) is 97.6 Å². The van der Waals surface area contributed by atoms with Gasteiger partial charge in [0.15, 0.2) is 0 Å². The molecule has 12 saturated carbocycles. The van der Waals surface area contributed by atoms with Gasteiger partial charge in [-0.1, -0.05) is 6.08 Å². The van der Waals surface area contributed by atoms with Crippen molar-refractivity contribution in [3.63, 3.8) is 0 Å². The molecular formula is C28H31NO2. The van der Waals surface area contributed by atoms with Crippen molar-refractivity contribution in [3.8, 4) is 0 Å². The number of rotatable bonds is 6. The fourth-order valence-electron chi connectivity index (χ4n) is 18.8. The van der Waals surface area contributed by atoms with Crippen LogP contribution in [0.25, 0.3) is 0 Å². The molecule has 3 N–H and O–H groups in total. The second kappa shape index (κ2) is 3.35. The summed E-state index contributed by atoms with van der Waals surface area (Å²) in [6.07, 6.45) is 12.5. The summed E-state index contributed by atoms with van der Waals surface area (Å²) in [6, 6.07) is 0.384. The number of carbonyl (C=O) groups is 1. The lowest BCUT2D eigenvalue weighted by molar-refractivity contribution is -0.832. The lowest BCUT2D eigenvalue weighted by atomic mass is 8.74. The maximum absolute atomic E-state index is 10.7. The van der Waals surface area contributed by atoms with Crippen LogP contribution in [0.1, 0.15) is 44.9 Å². The van der Waals surface area contributed by atoms with Crippen LogP contribution in [-0.4, -0.2) is 17.1 Å². The Balaban J connectivity index is 0.915. The number of aliphatic carboxylic acids is 1. The van der Waals surface area contributed by atoms with Gasteiger partial charge in [0.05, 0.1) is 0 Å². The molecule has 0 radical (unpaired) electrons. The third kappa shape index (κ3) is 0.710. The smallest absolute Gasteiger partial charge is 0.327 e. The summed E-state index contributed by atoms with van der Waals surface area (Å²) in [5.41, 5.74) is 12.0. The van der Waals surface area contributed by atoms with Crippen LogP contribution < -0.4 is 5.73 Å². The van der Waals surface area contributed by atoms with Crippen LogP contribution in [0.4, 0.5) is 0 Å². The average Bonchev–Trinajstić information content (AvgIpc) is 2.64. The van der Waals surface area contributed by atoms with Crippen LogP contribution in [0.15, 0.2) is 12.2 Å². The molecular weight excluding hydrogens is 382 g/mol. The molecule has 12 aliphatic rings. The summed E-state index contributed by atoms with van der Waals surface area (Å²) in [6.45, 7) is 0. The number of carboxylic acids is 1. The maximum atomic E-state index is 10.7. The quantitative estimate of drug-likeness (QED) is 0.517. The summed E-state index contributed by atoms with van der Waals surface area (Å²) in [7, 11) is 0. The van der Waals surface area contributed by atoms with Crippen molar-refractivity contribution in [1.82, 2.24) is 0 Å². The summed E-state index contributed by atoms with van der Waals surface area (Å²) >= 11 is 0. The molecule has 5 spiro atoms. The van der Waals surface area contributed by atoms with Crippen molar-refractivity contribution < 1.29 is 9.90 Å². The number of unbranched alkanes of at least 4 members (excludes halogenated alkanes) is 1. The summed E-state index contributed by atoms with van der Waals surface area (Å²) in [5.74, 6) is 12.3. The highest BCUT2D eigenvalue weighted by molar-refractivity contribution is 5.79. The highest BCUT2D eigenvalue weighted by Gasteiger charge is 3.27. The minimum absolute atomic E-state index is 0.384. The molecule has 0 heterocycles. The second-order valence-electron chi connectivity index (χ2n) is 15.0. The monoisotopic (exact) mass is 413 g/mol. The second-order valence-corrected chi connectivity index (χ2v) is 15.0. The van der Waals surface area contributed by atoms with Gasteiger partial charge < -0.3 is 10.8 Å². The van der Waals surface area contributed by atoms with Crippen LogP contribution in [-0.2, 0) is 4.79 Å². The van der Waals surface area contributed by atoms with Crippen molar-refractivity contribution in [2.75, 3.05) is 0 Å². The predicted octanol–water partition coefficient (Wildman–Crippen LogP) is 3.55. The zero-order valence-corrected chi connectivity index (χ0v) is 18.0. The Morgan fingerprint density at radius 1 is 0.903 bits per heavy atom. The minimum atomic E-state index is -0.822. The summed E-state index contributed by atoms with van der Waals surface area (Å²) < 4.78 is 0. The average molecular weight is 414 g/mol. The third-order valence-corrected chi connectivity index (χ3v) is 17.2. The van der Waals surface area contributed by atoms with Gasteiger partial charge >= 0.3 is 5.97 Å². The Hall–Kier alpha value is -0.830. The molecule has 11 atom stereocenters. The first-order chi connectivity index (χ1) is 15.1. The van der Waals surface area contributed by atoms with Crippen molar-refractivity contribution in [2.45, 2.75) is 51.0 Å². The Morgan fingerprint density at radius 2 is 1.52 bits per heavy atom. The van der Waals surface area contributed by atoms with E-state index in [1.54, 1.807) is 12.8 Å². The molecule has 12 fully saturated rings. The first-order valence-electron chi connectivity index (χ1n) is 13.7. The van der Waals surface area contributed by atoms with E-state index < -0.39 is 5.97 Å². The van der Waals surface area contributed by atoms with E-state index in [9.17, 15) is 4.79 Å².